The molecule has 0 aliphatic heterocycles. The minimum Gasteiger partial charge on any atom is -0.338 e. The Morgan fingerprint density at radius 3 is 2.19 bits per heavy atom. The Balaban J connectivity index is 1.67. The summed E-state index contributed by atoms with van der Waals surface area (Å²) in [7, 11) is -1.88. The maximum Gasteiger partial charge on any atom is 0.315 e. The average Bonchev–Trinajstić information content (AvgIpc) is 2.65. The highest BCUT2D eigenvalue weighted by Gasteiger charge is 2.08. The third-order valence-electron chi connectivity index (χ3n) is 3.91. The summed E-state index contributed by atoms with van der Waals surface area (Å²) in [6.07, 6.45) is 1.81. The van der Waals surface area contributed by atoms with Gasteiger partial charge in [-0.25, -0.2) is 17.9 Å². The fourth-order valence-electron chi connectivity index (χ4n) is 2.43. The van der Waals surface area contributed by atoms with Gasteiger partial charge >= 0.3 is 6.03 Å². The van der Waals surface area contributed by atoms with Crippen LogP contribution >= 0.6 is 0 Å². The maximum atomic E-state index is 11.8. The molecule has 2 aromatic rings. The van der Waals surface area contributed by atoms with Crippen LogP contribution in [0.15, 0.2) is 54.6 Å². The molecule has 0 radical (unpaired) electrons. The number of benzene rings is 2. The van der Waals surface area contributed by atoms with Crippen LogP contribution in [0.2, 0.25) is 0 Å². The summed E-state index contributed by atoms with van der Waals surface area (Å²) in [6.45, 7) is 1.01. The number of aryl methyl sites for hydroxylation is 1. The van der Waals surface area contributed by atoms with Gasteiger partial charge < -0.3 is 10.6 Å². The van der Waals surface area contributed by atoms with Crippen LogP contribution in [0.3, 0.4) is 0 Å². The Morgan fingerprint density at radius 1 is 0.885 bits per heavy atom. The molecule has 2 amide bonds. The SMILES string of the molecule is CNS(=O)(=O)Cc1ccc(CNC(=O)NCCCc2ccccc2)cc1. The lowest BCUT2D eigenvalue weighted by Crippen LogP contribution is -2.35. The summed E-state index contributed by atoms with van der Waals surface area (Å²) in [5, 5.41) is 5.63. The summed E-state index contributed by atoms with van der Waals surface area (Å²) in [5.41, 5.74) is 2.87. The van der Waals surface area contributed by atoms with Crippen LogP contribution in [0.1, 0.15) is 23.1 Å². The number of carbonyl (C=O) groups is 1. The predicted octanol–water partition coefficient (Wildman–Crippen LogP) is 2.17. The number of urea groups is 1. The highest BCUT2D eigenvalue weighted by atomic mass is 32.2. The molecule has 0 spiro atoms. The van der Waals surface area contributed by atoms with Crippen molar-refractivity contribution >= 4 is 16.1 Å². The van der Waals surface area contributed by atoms with Gasteiger partial charge in [-0.1, -0.05) is 54.6 Å². The molecule has 2 aromatic carbocycles. The molecule has 0 aromatic heterocycles. The van der Waals surface area contributed by atoms with Crippen molar-refractivity contribution in [2.75, 3.05) is 13.6 Å². The highest BCUT2D eigenvalue weighted by molar-refractivity contribution is 7.88. The molecule has 0 fully saturated rings. The molecule has 0 aliphatic rings. The van der Waals surface area contributed by atoms with Crippen LogP contribution in [0, 0.1) is 0 Å². The molecule has 26 heavy (non-hydrogen) atoms. The van der Waals surface area contributed by atoms with E-state index in [1.54, 1.807) is 12.1 Å². The third kappa shape index (κ3) is 7.25. The first-order chi connectivity index (χ1) is 12.5. The minimum absolute atomic E-state index is 0.0564. The van der Waals surface area contributed by atoms with Crippen LogP contribution < -0.4 is 15.4 Å². The molecule has 0 unspecified atom stereocenters. The van der Waals surface area contributed by atoms with E-state index in [2.05, 4.69) is 27.5 Å². The summed E-state index contributed by atoms with van der Waals surface area (Å²) in [6, 6.07) is 17.1. The normalized spacial score (nSPS) is 11.1. The third-order valence-corrected chi connectivity index (χ3v) is 5.25. The average molecular weight is 375 g/mol. The first-order valence-electron chi connectivity index (χ1n) is 8.53. The molecule has 0 saturated carbocycles. The molecule has 7 heteroatoms. The zero-order valence-electron chi connectivity index (χ0n) is 14.9. The fraction of sp³-hybridized carbons (Fsp3) is 0.316. The van der Waals surface area contributed by atoms with Crippen molar-refractivity contribution < 1.29 is 13.2 Å². The number of nitrogens with one attached hydrogen (secondary N) is 3. The first kappa shape index (κ1) is 19.9. The topological polar surface area (TPSA) is 87.3 Å². The Kier molecular flexibility index (Phi) is 7.62. The van der Waals surface area contributed by atoms with E-state index in [0.717, 1.165) is 18.4 Å². The lowest BCUT2D eigenvalue weighted by Gasteiger charge is -2.09. The van der Waals surface area contributed by atoms with Crippen molar-refractivity contribution in [3.05, 3.63) is 71.3 Å². The van der Waals surface area contributed by atoms with Gasteiger partial charge in [0.2, 0.25) is 10.0 Å². The Labute approximate surface area is 155 Å². The molecular formula is C19H25N3O3S. The molecule has 140 valence electrons. The quantitative estimate of drug-likeness (QED) is 0.587. The largest absolute Gasteiger partial charge is 0.338 e. The van der Waals surface area contributed by atoms with Gasteiger partial charge in [0.05, 0.1) is 5.75 Å². The monoisotopic (exact) mass is 375 g/mol. The number of amides is 2. The molecule has 2 rings (SSSR count). The molecule has 0 saturated heterocycles. The van der Waals surface area contributed by atoms with Crippen molar-refractivity contribution in [1.82, 2.24) is 15.4 Å². The highest BCUT2D eigenvalue weighted by Crippen LogP contribution is 2.07. The first-order valence-corrected chi connectivity index (χ1v) is 10.2. The summed E-state index contributed by atoms with van der Waals surface area (Å²) >= 11 is 0. The summed E-state index contributed by atoms with van der Waals surface area (Å²) in [4.78, 5) is 11.8. The molecule has 0 bridgehead atoms. The van der Waals surface area contributed by atoms with E-state index in [4.69, 9.17) is 0 Å². The molecule has 3 N–H and O–H groups in total. The summed E-state index contributed by atoms with van der Waals surface area (Å²) < 4.78 is 25.3. The van der Waals surface area contributed by atoms with E-state index in [9.17, 15) is 13.2 Å². The second-order valence-electron chi connectivity index (χ2n) is 5.98. The van der Waals surface area contributed by atoms with Crippen molar-refractivity contribution in [3.8, 4) is 0 Å². The second kappa shape index (κ2) is 9.94. The summed E-state index contributed by atoms with van der Waals surface area (Å²) in [5.74, 6) is -0.0564. The van der Waals surface area contributed by atoms with Gasteiger partial charge in [-0.3, -0.25) is 0 Å². The van der Waals surface area contributed by atoms with Crippen molar-refractivity contribution in [3.63, 3.8) is 0 Å². The van der Waals surface area contributed by atoms with Gasteiger partial charge in [-0.2, -0.15) is 0 Å². The van der Waals surface area contributed by atoms with Gasteiger partial charge in [-0.05, 0) is 36.6 Å². The molecule has 0 atom stereocenters. The van der Waals surface area contributed by atoms with E-state index in [0.29, 0.717) is 18.7 Å². The van der Waals surface area contributed by atoms with E-state index >= 15 is 0 Å². The second-order valence-corrected chi connectivity index (χ2v) is 7.90. The van der Waals surface area contributed by atoms with Gasteiger partial charge in [0.25, 0.3) is 0 Å². The Morgan fingerprint density at radius 2 is 1.54 bits per heavy atom. The molecule has 0 aliphatic carbocycles. The van der Waals surface area contributed by atoms with Crippen molar-refractivity contribution in [2.24, 2.45) is 0 Å². The zero-order chi connectivity index (χ0) is 18.8. The van der Waals surface area contributed by atoms with Crippen molar-refractivity contribution in [1.29, 1.82) is 0 Å². The number of hydrogen-bond donors (Lipinski definition) is 3. The van der Waals surface area contributed by atoms with E-state index in [1.165, 1.54) is 12.6 Å². The fourth-order valence-corrected chi connectivity index (χ4v) is 3.20. The Hall–Kier alpha value is -2.38. The Bertz CT molecular complexity index is 791. The van der Waals surface area contributed by atoms with E-state index in [-0.39, 0.29) is 11.8 Å². The number of sulfonamides is 1. The van der Waals surface area contributed by atoms with Gasteiger partial charge in [0.15, 0.2) is 0 Å². The van der Waals surface area contributed by atoms with Gasteiger partial charge in [0, 0.05) is 13.1 Å². The minimum atomic E-state index is -3.27. The molecule has 0 heterocycles. The number of hydrogen-bond acceptors (Lipinski definition) is 3. The van der Waals surface area contributed by atoms with Crippen LogP contribution in [0.5, 0.6) is 0 Å². The number of rotatable bonds is 9. The zero-order valence-corrected chi connectivity index (χ0v) is 15.7. The molecular weight excluding hydrogens is 350 g/mol. The van der Waals surface area contributed by atoms with Crippen LogP contribution in [0.4, 0.5) is 4.79 Å². The van der Waals surface area contributed by atoms with Gasteiger partial charge in [0.1, 0.15) is 0 Å². The lowest BCUT2D eigenvalue weighted by atomic mass is 10.1. The van der Waals surface area contributed by atoms with Crippen LogP contribution in [-0.4, -0.2) is 28.0 Å². The lowest BCUT2D eigenvalue weighted by molar-refractivity contribution is 0.240. The van der Waals surface area contributed by atoms with Gasteiger partial charge in [-0.15, -0.1) is 0 Å². The standard InChI is InChI=1S/C19H25N3O3S/c1-20-26(24,25)15-18-11-9-17(10-12-18)14-22-19(23)21-13-5-8-16-6-3-2-4-7-16/h2-4,6-7,9-12,20H,5,8,13-15H2,1H3,(H2,21,22,23). The number of carbonyl (C=O) groups excluding carboxylic acids is 1. The van der Waals surface area contributed by atoms with Crippen LogP contribution in [0.25, 0.3) is 0 Å². The predicted molar refractivity (Wildman–Crippen MR) is 103 cm³/mol. The smallest absolute Gasteiger partial charge is 0.315 e. The molecule has 6 nitrogen and oxygen atoms in total. The van der Waals surface area contributed by atoms with Crippen molar-refractivity contribution in [2.45, 2.75) is 25.1 Å². The van der Waals surface area contributed by atoms with E-state index in [1.807, 2.05) is 30.3 Å². The maximum absolute atomic E-state index is 11.8. The van der Waals surface area contributed by atoms with E-state index < -0.39 is 10.0 Å². The van der Waals surface area contributed by atoms with Crippen LogP contribution in [-0.2, 0) is 28.7 Å².